The molecule has 32 heavy (non-hydrogen) atoms. The number of nitrogens with zero attached hydrogens (tertiary/aromatic N) is 2. The summed E-state index contributed by atoms with van der Waals surface area (Å²) >= 11 is 0. The summed E-state index contributed by atoms with van der Waals surface area (Å²) in [5, 5.41) is 5.73. The summed E-state index contributed by atoms with van der Waals surface area (Å²) < 4.78 is 5.86. The number of carbonyl (C=O) groups is 2. The molecule has 0 saturated carbocycles. The second-order valence-electron chi connectivity index (χ2n) is 7.68. The van der Waals surface area contributed by atoms with Gasteiger partial charge in [0.1, 0.15) is 6.10 Å². The van der Waals surface area contributed by atoms with Crippen LogP contribution in [0.4, 0.5) is 5.69 Å². The van der Waals surface area contributed by atoms with E-state index in [1.54, 1.807) is 12.1 Å². The van der Waals surface area contributed by atoms with Crippen molar-refractivity contribution < 1.29 is 14.3 Å². The topological polar surface area (TPSA) is 83.6 Å². The summed E-state index contributed by atoms with van der Waals surface area (Å²) in [4.78, 5) is 30.3. The molecule has 1 saturated heterocycles. The Kier molecular flexibility index (Phi) is 6.65. The Bertz CT molecular complexity index is 1050. The first-order valence-electron chi connectivity index (χ1n) is 10.6. The SMILES string of the molecule is C[C@@H](Oc1ccc(C(=O)NCc2ccc(N3CCNC(=O)C3)cc2)cn1)c1ccccc1. The molecule has 7 nitrogen and oxygen atoms in total. The summed E-state index contributed by atoms with van der Waals surface area (Å²) in [7, 11) is 0. The highest BCUT2D eigenvalue weighted by Crippen LogP contribution is 2.20. The summed E-state index contributed by atoms with van der Waals surface area (Å²) in [6, 6.07) is 21.2. The molecule has 2 aromatic carbocycles. The predicted octanol–water partition coefficient (Wildman–Crippen LogP) is 3.09. The number of anilines is 1. The molecule has 0 bridgehead atoms. The maximum Gasteiger partial charge on any atom is 0.253 e. The third-order valence-corrected chi connectivity index (χ3v) is 5.36. The Morgan fingerprint density at radius 2 is 1.91 bits per heavy atom. The Labute approximate surface area is 187 Å². The van der Waals surface area contributed by atoms with Gasteiger partial charge in [-0.2, -0.15) is 0 Å². The minimum Gasteiger partial charge on any atom is -0.470 e. The van der Waals surface area contributed by atoms with E-state index in [0.717, 1.165) is 23.4 Å². The van der Waals surface area contributed by atoms with Crippen LogP contribution in [0.15, 0.2) is 72.9 Å². The number of pyridine rings is 1. The van der Waals surface area contributed by atoms with E-state index in [9.17, 15) is 9.59 Å². The van der Waals surface area contributed by atoms with Crippen LogP contribution < -0.4 is 20.3 Å². The number of nitrogens with one attached hydrogen (secondary N) is 2. The summed E-state index contributed by atoms with van der Waals surface area (Å²) in [5.74, 6) is 0.309. The van der Waals surface area contributed by atoms with Gasteiger partial charge in [-0.25, -0.2) is 4.98 Å². The zero-order valence-electron chi connectivity index (χ0n) is 18.0. The molecular formula is C25H26N4O3. The van der Waals surface area contributed by atoms with E-state index < -0.39 is 0 Å². The van der Waals surface area contributed by atoms with Crippen molar-refractivity contribution in [1.29, 1.82) is 0 Å². The number of benzene rings is 2. The van der Waals surface area contributed by atoms with Crippen LogP contribution in [0.25, 0.3) is 0 Å². The summed E-state index contributed by atoms with van der Waals surface area (Å²) in [6.45, 7) is 4.18. The van der Waals surface area contributed by atoms with Crippen molar-refractivity contribution >= 4 is 17.5 Å². The number of hydrogen-bond donors (Lipinski definition) is 2. The van der Waals surface area contributed by atoms with E-state index in [1.807, 2.05) is 66.4 Å². The Morgan fingerprint density at radius 1 is 1.12 bits per heavy atom. The number of rotatable bonds is 7. The van der Waals surface area contributed by atoms with Crippen LogP contribution in [0.3, 0.4) is 0 Å². The minimum atomic E-state index is -0.197. The van der Waals surface area contributed by atoms with Crippen LogP contribution >= 0.6 is 0 Å². The number of piperazine rings is 1. The molecule has 0 spiro atoms. The van der Waals surface area contributed by atoms with Crippen LogP contribution in [0.5, 0.6) is 5.88 Å². The van der Waals surface area contributed by atoms with E-state index in [4.69, 9.17) is 4.74 Å². The second kappa shape index (κ2) is 9.96. The van der Waals surface area contributed by atoms with E-state index in [0.29, 0.717) is 31.1 Å². The molecule has 1 aliphatic rings. The molecule has 1 atom stereocenters. The largest absolute Gasteiger partial charge is 0.470 e. The molecular weight excluding hydrogens is 404 g/mol. The predicted molar refractivity (Wildman–Crippen MR) is 123 cm³/mol. The van der Waals surface area contributed by atoms with Crippen LogP contribution in [-0.2, 0) is 11.3 Å². The van der Waals surface area contributed by atoms with Gasteiger partial charge in [-0.15, -0.1) is 0 Å². The van der Waals surface area contributed by atoms with Crippen LogP contribution in [0.1, 0.15) is 34.5 Å². The quantitative estimate of drug-likeness (QED) is 0.602. The van der Waals surface area contributed by atoms with Crippen LogP contribution in [-0.4, -0.2) is 36.4 Å². The molecule has 0 radical (unpaired) electrons. The highest BCUT2D eigenvalue weighted by atomic mass is 16.5. The van der Waals surface area contributed by atoms with Gasteiger partial charge >= 0.3 is 0 Å². The van der Waals surface area contributed by atoms with Gasteiger partial charge in [0.2, 0.25) is 11.8 Å². The van der Waals surface area contributed by atoms with Gasteiger partial charge in [-0.05, 0) is 36.2 Å². The van der Waals surface area contributed by atoms with Crippen molar-refractivity contribution in [3.8, 4) is 5.88 Å². The minimum absolute atomic E-state index is 0.0344. The molecule has 164 valence electrons. The third kappa shape index (κ3) is 5.43. The molecule has 1 aliphatic heterocycles. The number of carbonyl (C=O) groups excluding carboxylic acids is 2. The van der Waals surface area contributed by atoms with Crippen molar-refractivity contribution in [2.24, 2.45) is 0 Å². The third-order valence-electron chi connectivity index (χ3n) is 5.36. The first-order chi connectivity index (χ1) is 15.6. The Morgan fingerprint density at radius 3 is 2.59 bits per heavy atom. The lowest BCUT2D eigenvalue weighted by molar-refractivity contribution is -0.120. The molecule has 2 amide bonds. The smallest absolute Gasteiger partial charge is 0.253 e. The van der Waals surface area contributed by atoms with E-state index >= 15 is 0 Å². The molecule has 1 fully saturated rings. The normalized spacial score (nSPS) is 14.4. The Hall–Kier alpha value is -3.87. The molecule has 0 unspecified atom stereocenters. The zero-order chi connectivity index (χ0) is 22.3. The lowest BCUT2D eigenvalue weighted by Gasteiger charge is -2.28. The van der Waals surface area contributed by atoms with E-state index in [1.165, 1.54) is 6.20 Å². The highest BCUT2D eigenvalue weighted by Gasteiger charge is 2.16. The fourth-order valence-electron chi connectivity index (χ4n) is 3.53. The highest BCUT2D eigenvalue weighted by molar-refractivity contribution is 5.93. The maximum absolute atomic E-state index is 12.5. The van der Waals surface area contributed by atoms with E-state index in [2.05, 4.69) is 15.6 Å². The van der Waals surface area contributed by atoms with Crippen molar-refractivity contribution in [3.05, 3.63) is 89.6 Å². The van der Waals surface area contributed by atoms with Crippen molar-refractivity contribution in [2.45, 2.75) is 19.6 Å². The van der Waals surface area contributed by atoms with Gasteiger partial charge in [0, 0.05) is 37.6 Å². The van der Waals surface area contributed by atoms with Gasteiger partial charge in [0.05, 0.1) is 12.1 Å². The number of amides is 2. The van der Waals surface area contributed by atoms with Gasteiger partial charge in [-0.1, -0.05) is 42.5 Å². The fourth-order valence-corrected chi connectivity index (χ4v) is 3.53. The lowest BCUT2D eigenvalue weighted by atomic mass is 10.1. The first-order valence-corrected chi connectivity index (χ1v) is 10.6. The summed E-state index contributed by atoms with van der Waals surface area (Å²) in [5.41, 5.74) is 3.51. The van der Waals surface area contributed by atoms with Crippen LogP contribution in [0, 0.1) is 0 Å². The van der Waals surface area contributed by atoms with Crippen LogP contribution in [0.2, 0.25) is 0 Å². The lowest BCUT2D eigenvalue weighted by Crippen LogP contribution is -2.47. The molecule has 1 aromatic heterocycles. The second-order valence-corrected chi connectivity index (χ2v) is 7.68. The van der Waals surface area contributed by atoms with Gasteiger partial charge in [0.15, 0.2) is 0 Å². The molecule has 0 aliphatic carbocycles. The van der Waals surface area contributed by atoms with Crippen molar-refractivity contribution in [2.75, 3.05) is 24.5 Å². The number of hydrogen-bond acceptors (Lipinski definition) is 5. The van der Waals surface area contributed by atoms with Gasteiger partial charge in [-0.3, -0.25) is 9.59 Å². The standard InChI is InChI=1S/C25H26N4O3/c1-18(20-5-3-2-4-6-20)32-24-12-9-21(16-27-24)25(31)28-15-19-7-10-22(11-8-19)29-14-13-26-23(30)17-29/h2-12,16,18H,13-15,17H2,1H3,(H,26,30)(H,28,31)/t18-/m1/s1. The number of ether oxygens (including phenoxy) is 1. The van der Waals surface area contributed by atoms with Gasteiger partial charge < -0.3 is 20.3 Å². The van der Waals surface area contributed by atoms with Crippen molar-refractivity contribution in [3.63, 3.8) is 0 Å². The average molecular weight is 431 g/mol. The molecule has 2 N–H and O–H groups in total. The Balaban J connectivity index is 1.29. The molecule has 4 rings (SSSR count). The molecule has 3 aromatic rings. The average Bonchev–Trinajstić information content (AvgIpc) is 2.84. The van der Waals surface area contributed by atoms with Gasteiger partial charge in [0.25, 0.3) is 5.91 Å². The zero-order valence-corrected chi connectivity index (χ0v) is 18.0. The molecule has 2 heterocycles. The fraction of sp³-hybridized carbons (Fsp3) is 0.240. The number of aromatic nitrogens is 1. The monoisotopic (exact) mass is 430 g/mol. The van der Waals surface area contributed by atoms with Crippen molar-refractivity contribution in [1.82, 2.24) is 15.6 Å². The molecule has 7 heteroatoms. The summed E-state index contributed by atoms with van der Waals surface area (Å²) in [6.07, 6.45) is 1.39. The maximum atomic E-state index is 12.5. The first kappa shape index (κ1) is 21.4. The van der Waals surface area contributed by atoms with E-state index in [-0.39, 0.29) is 17.9 Å².